The molecule has 2 aromatic carbocycles. The average molecular weight is 369 g/mol. The summed E-state index contributed by atoms with van der Waals surface area (Å²) in [5, 5.41) is 22.1. The number of rotatable bonds is 7. The van der Waals surface area contributed by atoms with Gasteiger partial charge in [-0.25, -0.2) is 0 Å². The van der Waals surface area contributed by atoms with Crippen molar-refractivity contribution in [3.05, 3.63) is 69.3 Å². The van der Waals surface area contributed by atoms with E-state index in [-0.39, 0.29) is 23.6 Å². The van der Waals surface area contributed by atoms with Crippen LogP contribution in [0.15, 0.2) is 42.5 Å². The Balaban J connectivity index is 1.91. The summed E-state index contributed by atoms with van der Waals surface area (Å²) in [4.78, 5) is 34.1. The lowest BCUT2D eigenvalue weighted by molar-refractivity contribution is -0.385. The van der Waals surface area contributed by atoms with Crippen molar-refractivity contribution in [1.82, 2.24) is 5.32 Å². The van der Waals surface area contributed by atoms with Crippen LogP contribution in [0.25, 0.3) is 0 Å². The largest absolute Gasteiger partial charge is 0.490 e. The van der Waals surface area contributed by atoms with Crippen molar-refractivity contribution in [1.29, 1.82) is 5.26 Å². The highest BCUT2D eigenvalue weighted by atomic mass is 16.6. The Bertz CT molecular complexity index is 920. The second-order valence-electron chi connectivity index (χ2n) is 5.30. The van der Waals surface area contributed by atoms with Gasteiger partial charge >= 0.3 is 11.7 Å². The zero-order chi connectivity index (χ0) is 19.8. The van der Waals surface area contributed by atoms with Crippen molar-refractivity contribution in [2.24, 2.45) is 0 Å². The number of carbonyl (C=O) groups is 2. The van der Waals surface area contributed by atoms with E-state index in [2.05, 4.69) is 5.32 Å². The smallest absolute Gasteiger partial charge is 0.325 e. The molecule has 0 aliphatic heterocycles. The van der Waals surface area contributed by atoms with E-state index in [0.29, 0.717) is 11.1 Å². The molecule has 0 aliphatic carbocycles. The van der Waals surface area contributed by atoms with Gasteiger partial charge in [-0.15, -0.1) is 0 Å². The Labute approximate surface area is 154 Å². The molecule has 0 unspecified atom stereocenters. The molecule has 138 valence electrons. The molecular formula is C18H15N3O6. The van der Waals surface area contributed by atoms with Crippen LogP contribution in [-0.2, 0) is 16.1 Å². The fourth-order valence-electron chi connectivity index (χ4n) is 2.17. The summed E-state index contributed by atoms with van der Waals surface area (Å²) in [7, 11) is 1.28. The third-order valence-electron chi connectivity index (χ3n) is 3.49. The van der Waals surface area contributed by atoms with E-state index in [1.165, 1.54) is 19.2 Å². The molecule has 0 bridgehead atoms. The van der Waals surface area contributed by atoms with Gasteiger partial charge in [0.2, 0.25) is 0 Å². The number of esters is 1. The maximum absolute atomic E-state index is 12.1. The van der Waals surface area contributed by atoms with Crippen LogP contribution in [0.3, 0.4) is 0 Å². The van der Waals surface area contributed by atoms with Gasteiger partial charge in [0.15, 0.2) is 5.75 Å². The van der Waals surface area contributed by atoms with Gasteiger partial charge in [0, 0.05) is 11.6 Å². The minimum atomic E-state index is -0.686. The first kappa shape index (κ1) is 19.4. The molecule has 0 saturated heterocycles. The number of hydrogen-bond donors (Lipinski definition) is 1. The zero-order valence-corrected chi connectivity index (χ0v) is 14.3. The predicted molar refractivity (Wildman–Crippen MR) is 92.9 cm³/mol. The highest BCUT2D eigenvalue weighted by molar-refractivity contribution is 5.96. The minimum Gasteiger partial charge on any atom is -0.490 e. The van der Waals surface area contributed by atoms with Crippen molar-refractivity contribution in [2.75, 3.05) is 13.7 Å². The van der Waals surface area contributed by atoms with Gasteiger partial charge in [0.05, 0.1) is 23.7 Å². The van der Waals surface area contributed by atoms with Gasteiger partial charge < -0.3 is 14.8 Å². The van der Waals surface area contributed by atoms with Gasteiger partial charge in [-0.1, -0.05) is 12.1 Å². The maximum atomic E-state index is 12.1. The SMILES string of the molecule is COc1ccc(C(=O)NCC(=O)OCc2cccc(C#N)c2)cc1[N+](=O)[O-]. The fraction of sp³-hybridized carbons (Fsp3) is 0.167. The minimum absolute atomic E-state index is 0.0111. The van der Waals surface area contributed by atoms with Crippen LogP contribution in [0.2, 0.25) is 0 Å². The predicted octanol–water partition coefficient (Wildman–Crippen LogP) is 1.95. The van der Waals surface area contributed by atoms with Gasteiger partial charge in [-0.05, 0) is 29.8 Å². The number of nitrogens with one attached hydrogen (secondary N) is 1. The maximum Gasteiger partial charge on any atom is 0.325 e. The second-order valence-corrected chi connectivity index (χ2v) is 5.30. The monoisotopic (exact) mass is 369 g/mol. The van der Waals surface area contributed by atoms with E-state index in [9.17, 15) is 19.7 Å². The highest BCUT2D eigenvalue weighted by Crippen LogP contribution is 2.27. The number of carbonyl (C=O) groups excluding carboxylic acids is 2. The van der Waals surface area contributed by atoms with Crippen molar-refractivity contribution in [2.45, 2.75) is 6.61 Å². The Morgan fingerprint density at radius 3 is 2.70 bits per heavy atom. The molecule has 0 radical (unpaired) electrons. The number of nitriles is 1. The molecule has 0 spiro atoms. The van der Waals surface area contributed by atoms with Gasteiger partial charge in [-0.3, -0.25) is 19.7 Å². The first-order valence-corrected chi connectivity index (χ1v) is 7.70. The number of ether oxygens (including phenoxy) is 2. The van der Waals surface area contributed by atoms with Crippen molar-refractivity contribution in [3.63, 3.8) is 0 Å². The summed E-state index contributed by atoms with van der Waals surface area (Å²) in [6.07, 6.45) is 0. The van der Waals surface area contributed by atoms with Gasteiger partial charge in [-0.2, -0.15) is 5.26 Å². The van der Waals surface area contributed by atoms with E-state index in [1.807, 2.05) is 6.07 Å². The van der Waals surface area contributed by atoms with E-state index >= 15 is 0 Å². The molecule has 27 heavy (non-hydrogen) atoms. The lowest BCUT2D eigenvalue weighted by Crippen LogP contribution is -2.30. The standard InChI is InChI=1S/C18H15N3O6/c1-26-16-6-5-14(8-15(16)21(24)25)18(23)20-10-17(22)27-11-13-4-2-3-12(7-13)9-19/h2-8H,10-11H2,1H3,(H,20,23). The number of amides is 1. The Kier molecular flexibility index (Phi) is 6.44. The van der Waals surface area contributed by atoms with Crippen molar-refractivity contribution >= 4 is 17.6 Å². The molecule has 0 saturated carbocycles. The molecule has 9 heteroatoms. The quantitative estimate of drug-likeness (QED) is 0.448. The number of nitro benzene ring substituents is 1. The van der Waals surface area contributed by atoms with Gasteiger partial charge in [0.1, 0.15) is 13.2 Å². The molecule has 9 nitrogen and oxygen atoms in total. The molecule has 1 amide bonds. The van der Waals surface area contributed by atoms with Crippen LogP contribution in [0, 0.1) is 21.4 Å². The van der Waals surface area contributed by atoms with Crippen molar-refractivity contribution < 1.29 is 24.0 Å². The molecule has 0 fully saturated rings. The van der Waals surface area contributed by atoms with Crippen molar-refractivity contribution in [3.8, 4) is 11.8 Å². The van der Waals surface area contributed by atoms with Crippen LogP contribution in [0.1, 0.15) is 21.5 Å². The molecule has 1 N–H and O–H groups in total. The Morgan fingerprint density at radius 2 is 2.04 bits per heavy atom. The molecule has 2 rings (SSSR count). The lowest BCUT2D eigenvalue weighted by Gasteiger charge is -2.08. The molecule has 0 heterocycles. The summed E-state index contributed by atoms with van der Waals surface area (Å²) in [5.41, 5.74) is 0.736. The summed E-state index contributed by atoms with van der Waals surface area (Å²) in [5.74, 6) is -1.33. The second kappa shape index (κ2) is 8.96. The van der Waals surface area contributed by atoms with Crippen LogP contribution in [0.4, 0.5) is 5.69 Å². The third kappa shape index (κ3) is 5.27. The fourth-order valence-corrected chi connectivity index (χ4v) is 2.17. The molecule has 0 aliphatic rings. The molecule has 0 aromatic heterocycles. The lowest BCUT2D eigenvalue weighted by atomic mass is 10.1. The topological polar surface area (TPSA) is 132 Å². The van der Waals surface area contributed by atoms with Crippen LogP contribution < -0.4 is 10.1 Å². The summed E-state index contributed by atoms with van der Waals surface area (Å²) in [6.45, 7) is -0.450. The van der Waals surface area contributed by atoms with Gasteiger partial charge in [0.25, 0.3) is 5.91 Å². The van der Waals surface area contributed by atoms with Crippen LogP contribution in [-0.4, -0.2) is 30.5 Å². The molecule has 0 atom stereocenters. The van der Waals surface area contributed by atoms with E-state index in [4.69, 9.17) is 14.7 Å². The number of nitrogens with zero attached hydrogens (tertiary/aromatic N) is 2. The molecular weight excluding hydrogens is 354 g/mol. The first-order valence-electron chi connectivity index (χ1n) is 7.70. The Morgan fingerprint density at radius 1 is 1.26 bits per heavy atom. The number of hydrogen-bond acceptors (Lipinski definition) is 7. The summed E-state index contributed by atoms with van der Waals surface area (Å²) in [6, 6.07) is 12.3. The number of benzene rings is 2. The zero-order valence-electron chi connectivity index (χ0n) is 14.3. The summed E-state index contributed by atoms with van der Waals surface area (Å²) < 4.78 is 9.88. The summed E-state index contributed by atoms with van der Waals surface area (Å²) >= 11 is 0. The third-order valence-corrected chi connectivity index (χ3v) is 3.49. The highest BCUT2D eigenvalue weighted by Gasteiger charge is 2.18. The first-order chi connectivity index (χ1) is 12.9. The Hall–Kier alpha value is -3.93. The van der Waals surface area contributed by atoms with E-state index < -0.39 is 23.3 Å². The number of nitro groups is 1. The normalized spacial score (nSPS) is 9.78. The molecule has 2 aromatic rings. The average Bonchev–Trinajstić information content (AvgIpc) is 2.69. The van der Waals surface area contributed by atoms with Crippen LogP contribution in [0.5, 0.6) is 5.75 Å². The van der Waals surface area contributed by atoms with E-state index in [0.717, 1.165) is 6.07 Å². The number of methoxy groups -OCH3 is 1. The van der Waals surface area contributed by atoms with E-state index in [1.54, 1.807) is 24.3 Å². The van der Waals surface area contributed by atoms with Crippen LogP contribution >= 0.6 is 0 Å².